The number of carbonyl (C=O) groups is 2. The molecule has 0 saturated heterocycles. The van der Waals surface area contributed by atoms with Crippen molar-refractivity contribution in [2.45, 2.75) is 37.5 Å². The van der Waals surface area contributed by atoms with Crippen LogP contribution in [0.4, 0.5) is 5.69 Å². The number of hydrogen-bond acceptors (Lipinski definition) is 8. The van der Waals surface area contributed by atoms with Crippen molar-refractivity contribution >= 4 is 27.5 Å². The molecule has 2 aliphatic rings. The molecule has 4 rings (SSSR count). The molecule has 2 aromatic carbocycles. The van der Waals surface area contributed by atoms with Crippen molar-refractivity contribution in [2.24, 2.45) is 16.3 Å². The highest BCUT2D eigenvalue weighted by molar-refractivity contribution is 7.89. The van der Waals surface area contributed by atoms with Crippen LogP contribution in [0.2, 0.25) is 0 Å². The first kappa shape index (κ1) is 25.5. The lowest BCUT2D eigenvalue weighted by Gasteiger charge is -2.44. The van der Waals surface area contributed by atoms with E-state index in [1.54, 1.807) is 48.4 Å². The minimum Gasteiger partial charge on any atom is -0.497 e. The number of sulfonamides is 1. The monoisotopic (exact) mass is 511 g/mol. The number of ketones is 1. The molecule has 0 unspecified atom stereocenters. The van der Waals surface area contributed by atoms with Crippen molar-refractivity contribution in [1.29, 1.82) is 0 Å². The van der Waals surface area contributed by atoms with Crippen LogP contribution < -0.4 is 20.5 Å². The van der Waals surface area contributed by atoms with Crippen LogP contribution in [0.3, 0.4) is 0 Å². The maximum atomic E-state index is 13.7. The van der Waals surface area contributed by atoms with Crippen molar-refractivity contribution in [2.75, 3.05) is 19.1 Å². The summed E-state index contributed by atoms with van der Waals surface area (Å²) in [5, 5.41) is 5.26. The van der Waals surface area contributed by atoms with Crippen LogP contribution in [-0.4, -0.2) is 34.4 Å². The van der Waals surface area contributed by atoms with Crippen molar-refractivity contribution < 1.29 is 27.5 Å². The van der Waals surface area contributed by atoms with Gasteiger partial charge in [-0.25, -0.2) is 18.4 Å². The summed E-state index contributed by atoms with van der Waals surface area (Å²) in [6, 6.07) is 12.9. The molecule has 10 heteroatoms. The van der Waals surface area contributed by atoms with Crippen LogP contribution in [0.15, 0.2) is 76.1 Å². The SMILES string of the molecule is COC(=O)C1=C(N)N(c2ccc(S(N)(=O)=O)cc2)C2=C(C(=O)CC(C)(C)C2)[C@H]1c1ccc(OC)cc1. The van der Waals surface area contributed by atoms with Gasteiger partial charge in [-0.3, -0.25) is 9.69 Å². The van der Waals surface area contributed by atoms with Gasteiger partial charge in [-0.05, 0) is 53.8 Å². The number of Topliss-reactive ketones (excluding diaryl/α,β-unsaturated/α-hetero) is 1. The average molecular weight is 512 g/mol. The molecule has 2 aromatic rings. The van der Waals surface area contributed by atoms with E-state index in [-0.39, 0.29) is 27.5 Å². The molecule has 190 valence electrons. The van der Waals surface area contributed by atoms with Crippen molar-refractivity contribution in [3.63, 3.8) is 0 Å². The summed E-state index contributed by atoms with van der Waals surface area (Å²) >= 11 is 0. The number of rotatable bonds is 5. The summed E-state index contributed by atoms with van der Waals surface area (Å²) in [6.45, 7) is 3.99. The molecular formula is C26H29N3O6S. The molecule has 0 spiro atoms. The molecule has 1 aliphatic heterocycles. The summed E-state index contributed by atoms with van der Waals surface area (Å²) in [5.41, 5.74) is 8.75. The number of nitrogens with two attached hydrogens (primary N) is 2. The maximum Gasteiger partial charge on any atom is 0.338 e. The van der Waals surface area contributed by atoms with Crippen LogP contribution in [0.5, 0.6) is 5.75 Å². The molecule has 1 atom stereocenters. The number of methoxy groups -OCH3 is 2. The fourth-order valence-corrected chi connectivity index (χ4v) is 5.44. The topological polar surface area (TPSA) is 142 Å². The zero-order valence-corrected chi connectivity index (χ0v) is 21.4. The normalized spacial score (nSPS) is 19.8. The first-order valence-corrected chi connectivity index (χ1v) is 12.8. The quantitative estimate of drug-likeness (QED) is 0.584. The minimum absolute atomic E-state index is 0.0654. The Bertz CT molecular complexity index is 1390. The number of anilines is 1. The number of carbonyl (C=O) groups excluding carboxylic acids is 2. The van der Waals surface area contributed by atoms with Gasteiger partial charge in [0.2, 0.25) is 10.0 Å². The van der Waals surface area contributed by atoms with Crippen LogP contribution in [0.25, 0.3) is 0 Å². The molecule has 1 heterocycles. The molecule has 0 aromatic heterocycles. The van der Waals surface area contributed by atoms with E-state index < -0.39 is 21.9 Å². The lowest BCUT2D eigenvalue weighted by atomic mass is 9.68. The van der Waals surface area contributed by atoms with Gasteiger partial charge in [0.1, 0.15) is 11.6 Å². The van der Waals surface area contributed by atoms with Gasteiger partial charge in [-0.2, -0.15) is 0 Å². The summed E-state index contributed by atoms with van der Waals surface area (Å²) in [4.78, 5) is 28.4. The summed E-state index contributed by atoms with van der Waals surface area (Å²) in [5.74, 6) is -0.754. The highest BCUT2D eigenvalue weighted by atomic mass is 32.2. The second kappa shape index (κ2) is 9.11. The van der Waals surface area contributed by atoms with E-state index in [4.69, 9.17) is 20.3 Å². The summed E-state index contributed by atoms with van der Waals surface area (Å²) in [7, 11) is -1.09. The van der Waals surface area contributed by atoms with Gasteiger partial charge in [0.25, 0.3) is 0 Å². The van der Waals surface area contributed by atoms with Gasteiger partial charge in [-0.15, -0.1) is 0 Å². The summed E-state index contributed by atoms with van der Waals surface area (Å²) < 4.78 is 33.9. The number of hydrogen-bond donors (Lipinski definition) is 2. The zero-order chi connectivity index (χ0) is 26.4. The molecule has 0 amide bonds. The van der Waals surface area contributed by atoms with E-state index >= 15 is 0 Å². The number of allylic oxidation sites excluding steroid dienone is 2. The molecule has 4 N–H and O–H groups in total. The Morgan fingerprint density at radius 3 is 2.17 bits per heavy atom. The van der Waals surface area contributed by atoms with Gasteiger partial charge >= 0.3 is 5.97 Å². The van der Waals surface area contributed by atoms with Crippen LogP contribution in [0.1, 0.15) is 38.2 Å². The smallest absolute Gasteiger partial charge is 0.338 e. The molecule has 0 fully saturated rings. The first-order valence-electron chi connectivity index (χ1n) is 11.3. The second-order valence-electron chi connectivity index (χ2n) is 9.67. The van der Waals surface area contributed by atoms with Crippen LogP contribution in [0, 0.1) is 5.41 Å². The highest BCUT2D eigenvalue weighted by Gasteiger charge is 2.46. The Labute approximate surface area is 210 Å². The van der Waals surface area contributed by atoms with E-state index in [0.717, 1.165) is 0 Å². The molecule has 36 heavy (non-hydrogen) atoms. The van der Waals surface area contributed by atoms with Crippen molar-refractivity contribution in [1.82, 2.24) is 0 Å². The Morgan fingerprint density at radius 1 is 1.03 bits per heavy atom. The third-order valence-electron chi connectivity index (χ3n) is 6.54. The maximum absolute atomic E-state index is 13.7. The molecule has 9 nitrogen and oxygen atoms in total. The van der Waals surface area contributed by atoms with Crippen molar-refractivity contribution in [3.05, 3.63) is 76.8 Å². The number of ether oxygens (including phenoxy) is 2. The molecule has 0 radical (unpaired) electrons. The lowest BCUT2D eigenvalue weighted by molar-refractivity contribution is -0.136. The minimum atomic E-state index is -3.91. The molecular weight excluding hydrogens is 482 g/mol. The largest absolute Gasteiger partial charge is 0.497 e. The van der Waals surface area contributed by atoms with Crippen LogP contribution >= 0.6 is 0 Å². The number of nitrogens with zero attached hydrogens (tertiary/aromatic N) is 1. The van der Waals surface area contributed by atoms with Gasteiger partial charge in [-0.1, -0.05) is 26.0 Å². The summed E-state index contributed by atoms with van der Waals surface area (Å²) in [6.07, 6.45) is 0.803. The molecule has 0 bridgehead atoms. The first-order chi connectivity index (χ1) is 16.9. The third kappa shape index (κ3) is 4.49. The van der Waals surface area contributed by atoms with Gasteiger partial charge in [0.15, 0.2) is 5.78 Å². The Hall–Kier alpha value is -3.63. The second-order valence-corrected chi connectivity index (χ2v) is 11.2. The Balaban J connectivity index is 1.99. The Morgan fingerprint density at radius 2 is 1.64 bits per heavy atom. The number of benzene rings is 2. The fraction of sp³-hybridized carbons (Fsp3) is 0.308. The predicted octanol–water partition coefficient (Wildman–Crippen LogP) is 2.93. The van der Waals surface area contributed by atoms with Crippen LogP contribution in [-0.2, 0) is 24.3 Å². The highest BCUT2D eigenvalue weighted by Crippen LogP contribution is 2.50. The predicted molar refractivity (Wildman–Crippen MR) is 134 cm³/mol. The Kier molecular flexibility index (Phi) is 6.44. The number of primary sulfonamides is 1. The van der Waals surface area contributed by atoms with Gasteiger partial charge in [0, 0.05) is 23.4 Å². The van der Waals surface area contributed by atoms with E-state index in [0.29, 0.717) is 41.1 Å². The zero-order valence-electron chi connectivity index (χ0n) is 20.6. The van der Waals surface area contributed by atoms with E-state index in [2.05, 4.69) is 0 Å². The van der Waals surface area contributed by atoms with Gasteiger partial charge in [0.05, 0.1) is 30.6 Å². The standard InChI is InChI=1S/C26H29N3O6S/c1-26(2)13-19-22(20(30)14-26)21(15-5-9-17(34-3)10-6-15)23(25(31)35-4)24(27)29(19)16-7-11-18(12-8-16)36(28,32)33/h5-12,21H,13-14,27H2,1-4H3,(H2,28,32,33)/t21-/m1/s1. The van der Waals surface area contributed by atoms with E-state index in [9.17, 15) is 18.0 Å². The average Bonchev–Trinajstić information content (AvgIpc) is 2.82. The molecule has 0 saturated carbocycles. The fourth-order valence-electron chi connectivity index (χ4n) is 4.93. The lowest BCUT2D eigenvalue weighted by Crippen LogP contribution is -2.43. The van der Waals surface area contributed by atoms with Crippen molar-refractivity contribution in [3.8, 4) is 5.75 Å². The third-order valence-corrected chi connectivity index (χ3v) is 7.47. The van der Waals surface area contributed by atoms with E-state index in [1.807, 2.05) is 13.8 Å². The number of esters is 1. The molecule has 1 aliphatic carbocycles. The van der Waals surface area contributed by atoms with Gasteiger partial charge < -0.3 is 15.2 Å². The van der Waals surface area contributed by atoms with E-state index in [1.165, 1.54) is 19.2 Å².